The van der Waals surface area contributed by atoms with Crippen molar-refractivity contribution in [3.63, 3.8) is 0 Å². The molecule has 2 aromatic rings. The molecule has 0 aliphatic carbocycles. The number of benzene rings is 2. The lowest BCUT2D eigenvalue weighted by molar-refractivity contribution is -0.133. The molecule has 2 aliphatic heterocycles. The largest absolute Gasteiger partial charge is 0.496 e. The van der Waals surface area contributed by atoms with Crippen LogP contribution >= 0.6 is 0 Å². The van der Waals surface area contributed by atoms with Gasteiger partial charge in [-0.3, -0.25) is 4.79 Å². The zero-order valence-corrected chi connectivity index (χ0v) is 17.7. The van der Waals surface area contributed by atoms with Gasteiger partial charge in [0.05, 0.1) is 13.2 Å². The number of methoxy groups -OCH3 is 1. The number of hydrogen-bond donors (Lipinski definition) is 1. The van der Waals surface area contributed by atoms with E-state index in [1.807, 2.05) is 30.1 Å². The molecule has 154 valence electrons. The van der Waals surface area contributed by atoms with Crippen LogP contribution in [0.15, 0.2) is 48.5 Å². The van der Waals surface area contributed by atoms with E-state index in [1.54, 1.807) is 7.11 Å². The summed E-state index contributed by atoms with van der Waals surface area (Å²) in [6.07, 6.45) is 5.53. The molecule has 0 radical (unpaired) electrons. The van der Waals surface area contributed by atoms with Crippen LogP contribution in [0.2, 0.25) is 0 Å². The molecule has 2 bridgehead atoms. The number of carbonyl (C=O) groups excluding carboxylic acids is 1. The van der Waals surface area contributed by atoms with E-state index in [-0.39, 0.29) is 11.9 Å². The quantitative estimate of drug-likeness (QED) is 0.768. The van der Waals surface area contributed by atoms with Gasteiger partial charge in [0.2, 0.25) is 5.91 Å². The van der Waals surface area contributed by atoms with E-state index in [0.717, 1.165) is 35.3 Å². The fourth-order valence-corrected chi connectivity index (χ4v) is 5.00. The summed E-state index contributed by atoms with van der Waals surface area (Å²) in [6.45, 7) is 2.11. The summed E-state index contributed by atoms with van der Waals surface area (Å²) in [5, 5.41) is 3.66. The highest BCUT2D eigenvalue weighted by atomic mass is 16.5. The smallest absolute Gasteiger partial charge is 0.223 e. The molecule has 3 unspecified atom stereocenters. The monoisotopic (exact) mass is 392 g/mol. The third-order valence-corrected chi connectivity index (χ3v) is 6.82. The van der Waals surface area contributed by atoms with Crippen molar-refractivity contribution in [1.29, 1.82) is 0 Å². The second-order valence-electron chi connectivity index (χ2n) is 8.68. The third kappa shape index (κ3) is 4.32. The molecule has 2 aliphatic rings. The van der Waals surface area contributed by atoms with Gasteiger partial charge in [0.25, 0.3) is 0 Å². The number of amides is 1. The Hall–Kier alpha value is -2.33. The van der Waals surface area contributed by atoms with E-state index in [4.69, 9.17) is 4.74 Å². The Balaban J connectivity index is 1.40. The van der Waals surface area contributed by atoms with Crippen molar-refractivity contribution in [3.8, 4) is 16.9 Å². The molecular formula is C25H32N2O2. The van der Waals surface area contributed by atoms with Gasteiger partial charge in [0.15, 0.2) is 0 Å². The van der Waals surface area contributed by atoms with E-state index in [2.05, 4.69) is 42.6 Å². The average molecular weight is 393 g/mol. The Morgan fingerprint density at radius 3 is 2.41 bits per heavy atom. The molecule has 2 fully saturated rings. The second kappa shape index (κ2) is 8.58. The zero-order valence-electron chi connectivity index (χ0n) is 17.7. The number of para-hydroxylation sites is 1. The summed E-state index contributed by atoms with van der Waals surface area (Å²) < 4.78 is 5.48. The first-order chi connectivity index (χ1) is 14.0. The normalized spacial score (nSPS) is 24.2. The number of fused-ring (bicyclic) bond motifs is 2. The summed E-state index contributed by atoms with van der Waals surface area (Å²) >= 11 is 0. The third-order valence-electron chi connectivity index (χ3n) is 6.82. The van der Waals surface area contributed by atoms with Crippen LogP contribution < -0.4 is 10.1 Å². The van der Waals surface area contributed by atoms with Crippen LogP contribution in [-0.2, 0) is 4.79 Å². The van der Waals surface area contributed by atoms with Gasteiger partial charge in [-0.25, -0.2) is 0 Å². The summed E-state index contributed by atoms with van der Waals surface area (Å²) in [4.78, 5) is 14.8. The van der Waals surface area contributed by atoms with Crippen LogP contribution in [0.5, 0.6) is 5.75 Å². The van der Waals surface area contributed by atoms with Crippen molar-refractivity contribution in [2.24, 2.45) is 5.92 Å². The van der Waals surface area contributed by atoms with Crippen molar-refractivity contribution in [2.75, 3.05) is 14.2 Å². The Morgan fingerprint density at radius 2 is 1.76 bits per heavy atom. The molecule has 1 N–H and O–H groups in total. The lowest BCUT2D eigenvalue weighted by Gasteiger charge is -2.31. The van der Waals surface area contributed by atoms with Gasteiger partial charge in [-0.1, -0.05) is 42.5 Å². The maximum absolute atomic E-state index is 12.9. The molecule has 2 saturated heterocycles. The molecular weight excluding hydrogens is 360 g/mol. The van der Waals surface area contributed by atoms with E-state index in [9.17, 15) is 4.79 Å². The minimum absolute atomic E-state index is 0.0626. The van der Waals surface area contributed by atoms with Crippen molar-refractivity contribution >= 4 is 5.91 Å². The van der Waals surface area contributed by atoms with E-state index >= 15 is 0 Å². The molecule has 0 saturated carbocycles. The van der Waals surface area contributed by atoms with E-state index in [1.165, 1.54) is 12.8 Å². The zero-order chi connectivity index (χ0) is 20.4. The van der Waals surface area contributed by atoms with Crippen LogP contribution in [0.25, 0.3) is 11.1 Å². The van der Waals surface area contributed by atoms with Crippen molar-refractivity contribution in [1.82, 2.24) is 10.2 Å². The van der Waals surface area contributed by atoms with Gasteiger partial charge in [-0.15, -0.1) is 0 Å². The number of piperidine rings is 1. The Kier molecular flexibility index (Phi) is 5.91. The Morgan fingerprint density at radius 1 is 1.10 bits per heavy atom. The maximum atomic E-state index is 12.9. The molecule has 3 atom stereocenters. The van der Waals surface area contributed by atoms with E-state index < -0.39 is 0 Å². The number of ether oxygens (including phenoxy) is 1. The summed E-state index contributed by atoms with van der Waals surface area (Å²) in [5.74, 6) is 1.66. The predicted molar refractivity (Wildman–Crippen MR) is 117 cm³/mol. The van der Waals surface area contributed by atoms with Crippen molar-refractivity contribution in [2.45, 2.75) is 57.2 Å². The molecule has 29 heavy (non-hydrogen) atoms. The van der Waals surface area contributed by atoms with Gasteiger partial charge < -0.3 is 15.0 Å². The van der Waals surface area contributed by atoms with Crippen LogP contribution in [0.4, 0.5) is 0 Å². The van der Waals surface area contributed by atoms with Crippen LogP contribution in [-0.4, -0.2) is 37.0 Å². The summed E-state index contributed by atoms with van der Waals surface area (Å²) in [5.41, 5.74) is 3.36. The van der Waals surface area contributed by atoms with Crippen molar-refractivity contribution in [3.05, 3.63) is 54.1 Å². The van der Waals surface area contributed by atoms with Crippen LogP contribution in [0, 0.1) is 5.92 Å². The number of rotatable bonds is 6. The highest BCUT2D eigenvalue weighted by Gasteiger charge is 2.34. The fourth-order valence-electron chi connectivity index (χ4n) is 5.00. The predicted octanol–water partition coefficient (Wildman–Crippen LogP) is 4.80. The molecule has 4 rings (SSSR count). The SMILES string of the molecule is COc1ccccc1-c1ccc(C(C)N(C)C(=O)CC2CC3CCC(C2)N3)cc1. The van der Waals surface area contributed by atoms with Gasteiger partial charge in [-0.2, -0.15) is 0 Å². The minimum atomic E-state index is 0.0626. The highest BCUT2D eigenvalue weighted by molar-refractivity contribution is 5.77. The number of carbonyl (C=O) groups is 1. The average Bonchev–Trinajstić information content (AvgIpc) is 3.10. The first-order valence-electron chi connectivity index (χ1n) is 10.8. The molecule has 2 heterocycles. The Labute approximate surface area is 174 Å². The molecule has 0 aromatic heterocycles. The van der Waals surface area contributed by atoms with Gasteiger partial charge in [0.1, 0.15) is 5.75 Å². The van der Waals surface area contributed by atoms with Gasteiger partial charge in [0, 0.05) is 31.1 Å². The minimum Gasteiger partial charge on any atom is -0.496 e. The van der Waals surface area contributed by atoms with Crippen LogP contribution in [0.3, 0.4) is 0 Å². The number of nitrogens with zero attached hydrogens (tertiary/aromatic N) is 1. The number of nitrogens with one attached hydrogen (secondary N) is 1. The van der Waals surface area contributed by atoms with Gasteiger partial charge >= 0.3 is 0 Å². The topological polar surface area (TPSA) is 41.6 Å². The first-order valence-corrected chi connectivity index (χ1v) is 10.8. The summed E-state index contributed by atoms with van der Waals surface area (Å²) in [7, 11) is 3.64. The molecule has 4 nitrogen and oxygen atoms in total. The summed E-state index contributed by atoms with van der Waals surface area (Å²) in [6, 6.07) is 17.9. The van der Waals surface area contributed by atoms with E-state index in [0.29, 0.717) is 24.4 Å². The van der Waals surface area contributed by atoms with Gasteiger partial charge in [-0.05, 0) is 55.7 Å². The first kappa shape index (κ1) is 20.0. The highest BCUT2D eigenvalue weighted by Crippen LogP contribution is 2.34. The Bertz CT molecular complexity index is 836. The molecule has 1 amide bonds. The maximum Gasteiger partial charge on any atom is 0.223 e. The molecule has 4 heteroatoms. The second-order valence-corrected chi connectivity index (χ2v) is 8.68. The molecule has 0 spiro atoms. The standard InChI is InChI=1S/C25H32N2O2/c1-17(27(2)25(28)16-18-14-21-12-13-22(15-18)26-21)19-8-10-20(11-9-19)23-6-4-5-7-24(23)29-3/h4-11,17-18,21-22,26H,12-16H2,1-3H3. The molecule has 2 aromatic carbocycles. The number of hydrogen-bond acceptors (Lipinski definition) is 3. The lowest BCUT2D eigenvalue weighted by Crippen LogP contribution is -2.40. The fraction of sp³-hybridized carbons (Fsp3) is 0.480. The lowest BCUT2D eigenvalue weighted by atomic mass is 9.89. The van der Waals surface area contributed by atoms with Crippen molar-refractivity contribution < 1.29 is 9.53 Å². The van der Waals surface area contributed by atoms with Crippen LogP contribution in [0.1, 0.15) is 50.6 Å².